The number of halogens is 3. The average Bonchev–Trinajstić information content (AvgIpc) is 3.08. The van der Waals surface area contributed by atoms with Gasteiger partial charge in [0.2, 0.25) is 0 Å². The van der Waals surface area contributed by atoms with Crippen molar-refractivity contribution in [1.82, 2.24) is 14.9 Å². The molecule has 5 atom stereocenters. The molecule has 0 saturated carbocycles. The SMILES string of the molecule is OC[C@H]1[C@@H](O)[C@H](O)[C@@H](O)CN1C[C@@H]1CCN(c2cncnc2C(F)(F)F)C1. The molecular weight excluding hydrogens is 369 g/mol. The maximum atomic E-state index is 13.2. The van der Waals surface area contributed by atoms with Crippen molar-refractivity contribution in [1.29, 1.82) is 0 Å². The number of anilines is 1. The maximum absolute atomic E-state index is 13.2. The Bertz CT molecular complexity index is 650. The molecule has 8 nitrogen and oxygen atoms in total. The topological polar surface area (TPSA) is 113 Å². The first kappa shape index (κ1) is 20.2. The predicted octanol–water partition coefficient (Wildman–Crippen LogP) is -0.919. The number of piperidine rings is 1. The van der Waals surface area contributed by atoms with Gasteiger partial charge >= 0.3 is 6.18 Å². The van der Waals surface area contributed by atoms with E-state index < -0.39 is 42.8 Å². The van der Waals surface area contributed by atoms with Crippen LogP contribution >= 0.6 is 0 Å². The molecule has 11 heteroatoms. The molecule has 1 aromatic rings. The zero-order chi connectivity index (χ0) is 19.8. The van der Waals surface area contributed by atoms with E-state index in [9.17, 15) is 33.6 Å². The smallest absolute Gasteiger partial charge is 0.395 e. The van der Waals surface area contributed by atoms with Crippen LogP contribution in [0.15, 0.2) is 12.5 Å². The van der Waals surface area contributed by atoms with Crippen molar-refractivity contribution >= 4 is 5.69 Å². The zero-order valence-corrected chi connectivity index (χ0v) is 14.5. The highest BCUT2D eigenvalue weighted by atomic mass is 19.4. The minimum Gasteiger partial charge on any atom is -0.395 e. The molecule has 0 radical (unpaired) electrons. The monoisotopic (exact) mass is 392 g/mol. The maximum Gasteiger partial charge on any atom is 0.435 e. The van der Waals surface area contributed by atoms with E-state index in [0.717, 1.165) is 12.5 Å². The lowest BCUT2D eigenvalue weighted by atomic mass is 9.93. The molecule has 4 N–H and O–H groups in total. The van der Waals surface area contributed by atoms with Crippen LogP contribution in [-0.4, -0.2) is 92.4 Å². The largest absolute Gasteiger partial charge is 0.435 e. The van der Waals surface area contributed by atoms with Gasteiger partial charge in [0.05, 0.1) is 30.6 Å². The van der Waals surface area contributed by atoms with E-state index >= 15 is 0 Å². The second kappa shape index (κ2) is 7.84. The lowest BCUT2D eigenvalue weighted by molar-refractivity contribution is -0.147. The summed E-state index contributed by atoms with van der Waals surface area (Å²) in [7, 11) is 0. The number of rotatable bonds is 4. The van der Waals surface area contributed by atoms with E-state index in [4.69, 9.17) is 0 Å². The molecule has 2 aliphatic heterocycles. The van der Waals surface area contributed by atoms with Crippen molar-refractivity contribution in [2.75, 3.05) is 37.7 Å². The van der Waals surface area contributed by atoms with Gasteiger partial charge in [-0.1, -0.05) is 0 Å². The Labute approximate surface area is 153 Å². The quantitative estimate of drug-likeness (QED) is 0.521. The molecule has 0 unspecified atom stereocenters. The number of hydrogen-bond donors (Lipinski definition) is 4. The molecule has 0 aromatic carbocycles. The number of alkyl halides is 3. The summed E-state index contributed by atoms with van der Waals surface area (Å²) < 4.78 is 39.5. The third-order valence-corrected chi connectivity index (χ3v) is 5.30. The first-order valence-corrected chi connectivity index (χ1v) is 8.73. The van der Waals surface area contributed by atoms with E-state index in [1.54, 1.807) is 9.80 Å². The van der Waals surface area contributed by atoms with Gasteiger partial charge in [0, 0.05) is 26.2 Å². The normalized spacial score (nSPS) is 32.9. The summed E-state index contributed by atoms with van der Waals surface area (Å²) >= 11 is 0. The standard InChI is InChI=1S/C16H23F3N4O4/c17-16(18,19)15-10(3-20-8-21-15)22-2-1-9(4-22)5-23-6-12(25)14(27)13(26)11(23)7-24/h3,8-9,11-14,24-27H,1-2,4-7H2/t9-,11+,12+,13-,14-/m1/s1. The van der Waals surface area contributed by atoms with Crippen LogP contribution in [0.1, 0.15) is 12.1 Å². The fraction of sp³-hybridized carbons (Fsp3) is 0.750. The van der Waals surface area contributed by atoms with Gasteiger partial charge in [-0.3, -0.25) is 4.90 Å². The second-order valence-corrected chi connectivity index (χ2v) is 7.11. The minimum absolute atomic E-state index is 0.0324. The van der Waals surface area contributed by atoms with Gasteiger partial charge in [-0.25, -0.2) is 9.97 Å². The first-order chi connectivity index (χ1) is 12.7. The van der Waals surface area contributed by atoms with Crippen molar-refractivity contribution in [2.45, 2.75) is 37.0 Å². The Kier molecular flexibility index (Phi) is 5.87. The highest BCUT2D eigenvalue weighted by Crippen LogP contribution is 2.36. The fourth-order valence-corrected chi connectivity index (χ4v) is 3.89. The number of aromatic nitrogens is 2. The van der Waals surface area contributed by atoms with Crippen LogP contribution in [0.5, 0.6) is 0 Å². The third kappa shape index (κ3) is 4.16. The minimum atomic E-state index is -4.57. The molecule has 0 spiro atoms. The molecule has 1 aromatic heterocycles. The van der Waals surface area contributed by atoms with Gasteiger partial charge in [-0.15, -0.1) is 0 Å². The summed E-state index contributed by atoms with van der Waals surface area (Å²) in [5, 5.41) is 39.2. The second-order valence-electron chi connectivity index (χ2n) is 7.11. The summed E-state index contributed by atoms with van der Waals surface area (Å²) in [4.78, 5) is 10.3. The molecule has 2 saturated heterocycles. The van der Waals surface area contributed by atoms with Crippen LogP contribution in [0.2, 0.25) is 0 Å². The van der Waals surface area contributed by atoms with Crippen molar-refractivity contribution in [3.63, 3.8) is 0 Å². The van der Waals surface area contributed by atoms with Gasteiger partial charge in [0.25, 0.3) is 0 Å². The summed E-state index contributed by atoms with van der Waals surface area (Å²) in [5.74, 6) is -0.0324. The zero-order valence-electron chi connectivity index (χ0n) is 14.5. The Morgan fingerprint density at radius 2 is 1.89 bits per heavy atom. The summed E-state index contributed by atoms with van der Waals surface area (Å²) in [6, 6.07) is -0.733. The third-order valence-electron chi connectivity index (χ3n) is 5.30. The van der Waals surface area contributed by atoms with Gasteiger partial charge in [0.15, 0.2) is 5.69 Å². The van der Waals surface area contributed by atoms with Crippen LogP contribution in [0.4, 0.5) is 18.9 Å². The Morgan fingerprint density at radius 1 is 1.15 bits per heavy atom. The Balaban J connectivity index is 1.69. The first-order valence-electron chi connectivity index (χ1n) is 8.73. The predicted molar refractivity (Wildman–Crippen MR) is 87.8 cm³/mol. The molecular formula is C16H23F3N4O4. The molecule has 3 heterocycles. The number of likely N-dealkylation sites (tertiary alicyclic amines) is 1. The molecule has 0 aliphatic carbocycles. The summed E-state index contributed by atoms with van der Waals surface area (Å²) in [6.07, 6.45) is -5.73. The lowest BCUT2D eigenvalue weighted by Gasteiger charge is -2.44. The van der Waals surface area contributed by atoms with Gasteiger partial charge in [-0.2, -0.15) is 13.2 Å². The Morgan fingerprint density at radius 3 is 2.56 bits per heavy atom. The van der Waals surface area contributed by atoms with E-state index in [2.05, 4.69) is 9.97 Å². The van der Waals surface area contributed by atoms with E-state index in [0.29, 0.717) is 26.1 Å². The highest BCUT2D eigenvalue weighted by Gasteiger charge is 2.43. The van der Waals surface area contributed by atoms with E-state index in [1.165, 1.54) is 0 Å². The molecule has 0 amide bonds. The molecule has 27 heavy (non-hydrogen) atoms. The molecule has 2 fully saturated rings. The molecule has 3 rings (SSSR count). The highest BCUT2D eigenvalue weighted by molar-refractivity contribution is 5.50. The van der Waals surface area contributed by atoms with E-state index in [-0.39, 0.29) is 18.2 Å². The number of β-amino-alcohol motifs (C(OH)–C–C–N with tert-alkyl or cyclic N) is 1. The number of nitrogens with zero attached hydrogens (tertiary/aromatic N) is 4. The van der Waals surface area contributed by atoms with Crippen LogP contribution in [0, 0.1) is 5.92 Å². The average molecular weight is 392 g/mol. The number of aliphatic hydroxyl groups excluding tert-OH is 4. The molecule has 0 bridgehead atoms. The fourth-order valence-electron chi connectivity index (χ4n) is 3.89. The van der Waals surface area contributed by atoms with Crippen LogP contribution in [0.25, 0.3) is 0 Å². The summed E-state index contributed by atoms with van der Waals surface area (Å²) in [5.41, 5.74) is -1.04. The number of hydrogen-bond acceptors (Lipinski definition) is 8. The van der Waals surface area contributed by atoms with Crippen LogP contribution < -0.4 is 4.90 Å². The van der Waals surface area contributed by atoms with Crippen molar-refractivity contribution in [3.8, 4) is 0 Å². The van der Waals surface area contributed by atoms with Crippen molar-refractivity contribution in [3.05, 3.63) is 18.2 Å². The molecule has 152 valence electrons. The van der Waals surface area contributed by atoms with Crippen molar-refractivity contribution in [2.24, 2.45) is 5.92 Å². The van der Waals surface area contributed by atoms with Gasteiger partial charge < -0.3 is 25.3 Å². The van der Waals surface area contributed by atoms with Crippen LogP contribution in [-0.2, 0) is 6.18 Å². The molecule has 2 aliphatic rings. The Hall–Kier alpha value is -1.53. The summed E-state index contributed by atoms with van der Waals surface area (Å²) in [6.45, 7) is 0.776. The van der Waals surface area contributed by atoms with Gasteiger partial charge in [0.1, 0.15) is 18.5 Å². The number of aliphatic hydroxyl groups is 4. The lowest BCUT2D eigenvalue weighted by Crippen LogP contribution is -2.63. The van der Waals surface area contributed by atoms with Crippen LogP contribution in [0.3, 0.4) is 0 Å². The van der Waals surface area contributed by atoms with Gasteiger partial charge in [-0.05, 0) is 12.3 Å². The van der Waals surface area contributed by atoms with E-state index in [1.807, 2.05) is 0 Å². The van der Waals surface area contributed by atoms with Crippen molar-refractivity contribution < 1.29 is 33.6 Å².